The third-order valence-corrected chi connectivity index (χ3v) is 5.45. The van der Waals surface area contributed by atoms with Crippen molar-refractivity contribution in [2.75, 3.05) is 17.5 Å². The van der Waals surface area contributed by atoms with Crippen LogP contribution < -0.4 is 15.2 Å². The van der Waals surface area contributed by atoms with Crippen LogP contribution >= 0.6 is 0 Å². The molecule has 8 heteroatoms. The van der Waals surface area contributed by atoms with Gasteiger partial charge in [0.25, 0.3) is 10.0 Å². The first-order valence-electron chi connectivity index (χ1n) is 7.36. The minimum Gasteiger partial charge on any atom is -0.465 e. The van der Waals surface area contributed by atoms with Gasteiger partial charge in [-0.15, -0.1) is 6.58 Å². The van der Waals surface area contributed by atoms with E-state index in [1.807, 2.05) is 6.07 Å². The molecule has 1 aromatic rings. The van der Waals surface area contributed by atoms with E-state index in [-0.39, 0.29) is 19.6 Å². The van der Waals surface area contributed by atoms with Crippen molar-refractivity contribution in [1.82, 2.24) is 10.9 Å². The third-order valence-electron chi connectivity index (χ3n) is 3.45. The number of anilines is 1. The molecular weight excluding hydrogens is 318 g/mol. The van der Waals surface area contributed by atoms with Gasteiger partial charge in [0.1, 0.15) is 11.4 Å². The standard InChI is InChI=1S/C15H21N3O4S/c1-3-10-18(12-8-6-5-7-9-12)23(20,21)14-11-13(16-17-14)15(19)22-4-2/h3,5-9,13-14,16-17H,1,4,10-11H2,2H3. The van der Waals surface area contributed by atoms with E-state index < -0.39 is 27.4 Å². The number of benzene rings is 1. The molecule has 7 nitrogen and oxygen atoms in total. The minimum absolute atomic E-state index is 0.0989. The van der Waals surface area contributed by atoms with Crippen LogP contribution in [0.4, 0.5) is 5.69 Å². The number of hydrogen-bond acceptors (Lipinski definition) is 6. The lowest BCUT2D eigenvalue weighted by molar-refractivity contribution is -0.145. The van der Waals surface area contributed by atoms with Gasteiger partial charge in [0.05, 0.1) is 18.8 Å². The first-order valence-corrected chi connectivity index (χ1v) is 8.86. The number of esters is 1. The number of ether oxygens (including phenoxy) is 1. The van der Waals surface area contributed by atoms with Gasteiger partial charge in [0, 0.05) is 6.42 Å². The maximum Gasteiger partial charge on any atom is 0.324 e. The Morgan fingerprint density at radius 2 is 2.09 bits per heavy atom. The number of carbonyl (C=O) groups is 1. The zero-order valence-corrected chi connectivity index (χ0v) is 13.8. The van der Waals surface area contributed by atoms with E-state index in [1.54, 1.807) is 31.2 Å². The zero-order chi connectivity index (χ0) is 16.9. The maximum absolute atomic E-state index is 12.9. The van der Waals surface area contributed by atoms with Crippen LogP contribution in [0.2, 0.25) is 0 Å². The molecule has 0 amide bonds. The molecule has 1 aliphatic rings. The van der Waals surface area contributed by atoms with Crippen LogP contribution in [-0.4, -0.2) is 39.0 Å². The molecule has 126 valence electrons. The van der Waals surface area contributed by atoms with Gasteiger partial charge >= 0.3 is 5.97 Å². The number of nitrogens with one attached hydrogen (secondary N) is 2. The van der Waals surface area contributed by atoms with Crippen LogP contribution in [0.15, 0.2) is 43.0 Å². The van der Waals surface area contributed by atoms with Gasteiger partial charge in [-0.25, -0.2) is 19.3 Å². The zero-order valence-electron chi connectivity index (χ0n) is 12.9. The molecule has 23 heavy (non-hydrogen) atoms. The summed E-state index contributed by atoms with van der Waals surface area (Å²) in [4.78, 5) is 11.7. The Labute approximate surface area is 136 Å². The van der Waals surface area contributed by atoms with Crippen molar-refractivity contribution in [2.45, 2.75) is 24.8 Å². The first-order chi connectivity index (χ1) is 11.0. The molecule has 2 N–H and O–H groups in total. The van der Waals surface area contributed by atoms with E-state index in [0.717, 1.165) is 0 Å². The highest BCUT2D eigenvalue weighted by Crippen LogP contribution is 2.23. The Bertz CT molecular complexity index is 648. The lowest BCUT2D eigenvalue weighted by Crippen LogP contribution is -2.45. The normalized spacial score (nSPS) is 20.9. The van der Waals surface area contributed by atoms with Crippen LogP contribution in [0, 0.1) is 0 Å². The van der Waals surface area contributed by atoms with Crippen molar-refractivity contribution in [3.05, 3.63) is 43.0 Å². The Morgan fingerprint density at radius 3 is 2.70 bits per heavy atom. The number of nitrogens with zero attached hydrogens (tertiary/aromatic N) is 1. The average Bonchev–Trinajstić information content (AvgIpc) is 3.04. The van der Waals surface area contributed by atoms with E-state index in [0.29, 0.717) is 5.69 Å². The number of rotatable bonds is 7. The van der Waals surface area contributed by atoms with Crippen molar-refractivity contribution >= 4 is 21.7 Å². The summed E-state index contributed by atoms with van der Waals surface area (Å²) in [5.41, 5.74) is 5.92. The monoisotopic (exact) mass is 339 g/mol. The fourth-order valence-corrected chi connectivity index (χ4v) is 4.03. The fourth-order valence-electron chi connectivity index (χ4n) is 2.34. The van der Waals surface area contributed by atoms with E-state index in [1.165, 1.54) is 10.4 Å². The summed E-state index contributed by atoms with van der Waals surface area (Å²) in [5.74, 6) is -0.465. The second-order valence-corrected chi connectivity index (χ2v) is 7.06. The molecule has 1 aromatic carbocycles. The topological polar surface area (TPSA) is 87.7 Å². The van der Waals surface area contributed by atoms with Gasteiger partial charge in [-0.2, -0.15) is 0 Å². The summed E-state index contributed by atoms with van der Waals surface area (Å²) < 4.78 is 31.9. The molecule has 1 fully saturated rings. The lowest BCUT2D eigenvalue weighted by atomic mass is 10.2. The highest BCUT2D eigenvalue weighted by Gasteiger charge is 2.40. The van der Waals surface area contributed by atoms with Crippen LogP contribution in [0.1, 0.15) is 13.3 Å². The van der Waals surface area contributed by atoms with Crippen LogP contribution in [0.3, 0.4) is 0 Å². The molecule has 0 aliphatic carbocycles. The minimum atomic E-state index is -3.72. The average molecular weight is 339 g/mol. The van der Waals surface area contributed by atoms with E-state index in [2.05, 4.69) is 17.4 Å². The Morgan fingerprint density at radius 1 is 1.39 bits per heavy atom. The SMILES string of the molecule is C=CCN(c1ccccc1)S(=O)(=O)C1CC(C(=O)OCC)NN1. The number of carbonyl (C=O) groups excluding carboxylic acids is 1. The summed E-state index contributed by atoms with van der Waals surface area (Å²) in [7, 11) is -3.72. The van der Waals surface area contributed by atoms with Gasteiger partial charge < -0.3 is 4.74 Å². The lowest BCUT2D eigenvalue weighted by Gasteiger charge is -2.26. The highest BCUT2D eigenvalue weighted by molar-refractivity contribution is 7.93. The Balaban J connectivity index is 2.19. The number of sulfonamides is 1. The molecule has 2 atom stereocenters. The molecule has 1 heterocycles. The molecule has 0 spiro atoms. The Kier molecular flexibility index (Phi) is 5.75. The second-order valence-electron chi connectivity index (χ2n) is 5.02. The molecule has 0 radical (unpaired) electrons. The van der Waals surface area contributed by atoms with Gasteiger partial charge in [-0.05, 0) is 19.1 Å². The van der Waals surface area contributed by atoms with Crippen molar-refractivity contribution in [2.24, 2.45) is 0 Å². The van der Waals surface area contributed by atoms with Crippen molar-refractivity contribution in [1.29, 1.82) is 0 Å². The molecule has 2 unspecified atom stereocenters. The maximum atomic E-state index is 12.9. The van der Waals surface area contributed by atoms with Crippen LogP contribution in [-0.2, 0) is 19.6 Å². The molecule has 0 aromatic heterocycles. The van der Waals surface area contributed by atoms with Crippen LogP contribution in [0.25, 0.3) is 0 Å². The molecular formula is C15H21N3O4S. The quantitative estimate of drug-likeness (QED) is 0.563. The molecule has 0 saturated carbocycles. The predicted octanol–water partition coefficient (Wildman–Crippen LogP) is 0.765. The van der Waals surface area contributed by atoms with Gasteiger partial charge in [0.2, 0.25) is 0 Å². The summed E-state index contributed by atoms with van der Waals surface area (Å²) in [6, 6.07) is 8.09. The number of hydrogen-bond donors (Lipinski definition) is 2. The molecule has 1 saturated heterocycles. The number of para-hydroxylation sites is 1. The second kappa shape index (κ2) is 7.58. The summed E-state index contributed by atoms with van der Waals surface area (Å²) in [5, 5.41) is -0.919. The predicted molar refractivity (Wildman–Crippen MR) is 88.0 cm³/mol. The first kappa shape index (κ1) is 17.5. The van der Waals surface area contributed by atoms with Gasteiger partial charge in [-0.1, -0.05) is 24.3 Å². The fraction of sp³-hybridized carbons (Fsp3) is 0.400. The van der Waals surface area contributed by atoms with Crippen LogP contribution in [0.5, 0.6) is 0 Å². The Hall–Kier alpha value is -1.90. The summed E-state index contributed by atoms with van der Waals surface area (Å²) in [6.45, 7) is 5.72. The van der Waals surface area contributed by atoms with Crippen molar-refractivity contribution < 1.29 is 17.9 Å². The van der Waals surface area contributed by atoms with E-state index in [4.69, 9.17) is 4.74 Å². The summed E-state index contributed by atoms with van der Waals surface area (Å²) in [6.07, 6.45) is 1.62. The summed E-state index contributed by atoms with van der Waals surface area (Å²) >= 11 is 0. The van der Waals surface area contributed by atoms with Gasteiger partial charge in [-0.3, -0.25) is 9.10 Å². The molecule has 0 bridgehead atoms. The van der Waals surface area contributed by atoms with Gasteiger partial charge in [0.15, 0.2) is 0 Å². The smallest absolute Gasteiger partial charge is 0.324 e. The molecule has 1 aliphatic heterocycles. The van der Waals surface area contributed by atoms with E-state index in [9.17, 15) is 13.2 Å². The largest absolute Gasteiger partial charge is 0.465 e. The van der Waals surface area contributed by atoms with E-state index >= 15 is 0 Å². The van der Waals surface area contributed by atoms with Crippen molar-refractivity contribution in [3.8, 4) is 0 Å². The third kappa shape index (κ3) is 3.90. The highest BCUT2D eigenvalue weighted by atomic mass is 32.2. The number of hydrazine groups is 1. The molecule has 2 rings (SSSR count). The van der Waals surface area contributed by atoms with Crippen molar-refractivity contribution in [3.63, 3.8) is 0 Å².